The molecule has 106 valence electrons. The van der Waals surface area contributed by atoms with E-state index in [9.17, 15) is 0 Å². The van der Waals surface area contributed by atoms with Crippen LogP contribution >= 0.6 is 0 Å². The maximum absolute atomic E-state index is 5.88. The van der Waals surface area contributed by atoms with Crippen molar-refractivity contribution in [2.45, 2.75) is 32.6 Å². The van der Waals surface area contributed by atoms with Crippen LogP contribution in [0.5, 0.6) is 0 Å². The molecule has 0 aliphatic carbocycles. The van der Waals surface area contributed by atoms with Crippen molar-refractivity contribution in [3.05, 3.63) is 24.3 Å². The monoisotopic (exact) mass is 270 g/mol. The van der Waals surface area contributed by atoms with Crippen molar-refractivity contribution in [2.24, 2.45) is 5.92 Å². The first kappa shape index (κ1) is 13.2. The van der Waals surface area contributed by atoms with Gasteiger partial charge >= 0.3 is 0 Å². The van der Waals surface area contributed by atoms with E-state index in [1.54, 1.807) is 0 Å². The molecule has 2 heterocycles. The van der Waals surface area contributed by atoms with Gasteiger partial charge in [-0.25, -0.2) is 4.98 Å². The summed E-state index contributed by atoms with van der Waals surface area (Å²) in [6.45, 7) is 4.42. The predicted octanol–water partition coefficient (Wildman–Crippen LogP) is 3.23. The molecule has 1 aromatic carbocycles. The average molecular weight is 270 g/mol. The minimum Gasteiger partial charge on any atom is -0.368 e. The van der Waals surface area contributed by atoms with Crippen molar-refractivity contribution >= 4 is 22.7 Å². The fourth-order valence-corrected chi connectivity index (χ4v) is 3.10. The number of fused-ring (bicyclic) bond motifs is 1. The Morgan fingerprint density at radius 3 is 2.90 bits per heavy atom. The maximum Gasteiger partial charge on any atom is 0.222 e. The van der Waals surface area contributed by atoms with E-state index in [4.69, 9.17) is 5.73 Å². The minimum atomic E-state index is 0.370. The summed E-state index contributed by atoms with van der Waals surface area (Å²) < 4.78 is 0. The van der Waals surface area contributed by atoms with E-state index < -0.39 is 0 Å². The summed E-state index contributed by atoms with van der Waals surface area (Å²) in [5.74, 6) is 2.23. The molecule has 2 N–H and O–H groups in total. The van der Waals surface area contributed by atoms with Crippen molar-refractivity contribution in [3.63, 3.8) is 0 Å². The Bertz CT molecular complexity index is 596. The number of para-hydroxylation sites is 1. The fourth-order valence-electron chi connectivity index (χ4n) is 3.10. The minimum absolute atomic E-state index is 0.370. The van der Waals surface area contributed by atoms with Crippen LogP contribution in [0.3, 0.4) is 0 Å². The molecule has 1 unspecified atom stereocenters. The second-order valence-electron chi connectivity index (χ2n) is 5.61. The molecule has 0 amide bonds. The van der Waals surface area contributed by atoms with Gasteiger partial charge in [-0.3, -0.25) is 0 Å². The highest BCUT2D eigenvalue weighted by Gasteiger charge is 2.19. The van der Waals surface area contributed by atoms with Gasteiger partial charge in [-0.05, 0) is 37.3 Å². The van der Waals surface area contributed by atoms with Crippen LogP contribution in [0.15, 0.2) is 24.3 Å². The number of nitrogen functional groups attached to an aromatic ring is 1. The molecule has 0 bridgehead atoms. The number of anilines is 2. The van der Waals surface area contributed by atoms with Gasteiger partial charge in [0, 0.05) is 18.5 Å². The summed E-state index contributed by atoms with van der Waals surface area (Å²) in [5.41, 5.74) is 6.81. The Hall–Kier alpha value is -1.84. The lowest BCUT2D eigenvalue weighted by molar-refractivity contribution is 0.459. The first-order chi connectivity index (χ1) is 9.78. The number of rotatable bonds is 2. The van der Waals surface area contributed by atoms with Crippen LogP contribution < -0.4 is 10.6 Å². The third-order valence-electron chi connectivity index (χ3n) is 4.32. The lowest BCUT2D eigenvalue weighted by atomic mass is 9.98. The summed E-state index contributed by atoms with van der Waals surface area (Å²) in [4.78, 5) is 11.2. The van der Waals surface area contributed by atoms with Crippen molar-refractivity contribution in [1.82, 2.24) is 9.97 Å². The third-order valence-corrected chi connectivity index (χ3v) is 4.32. The number of hydrogen-bond donors (Lipinski definition) is 1. The fraction of sp³-hybridized carbons (Fsp3) is 0.500. The van der Waals surface area contributed by atoms with Crippen molar-refractivity contribution in [3.8, 4) is 0 Å². The Kier molecular flexibility index (Phi) is 3.72. The van der Waals surface area contributed by atoms with Crippen molar-refractivity contribution < 1.29 is 0 Å². The summed E-state index contributed by atoms with van der Waals surface area (Å²) in [6.07, 6.45) is 5.08. The number of benzene rings is 1. The predicted molar refractivity (Wildman–Crippen MR) is 83.8 cm³/mol. The van der Waals surface area contributed by atoms with Gasteiger partial charge < -0.3 is 10.6 Å². The van der Waals surface area contributed by atoms with Crippen molar-refractivity contribution in [1.29, 1.82) is 0 Å². The van der Waals surface area contributed by atoms with E-state index >= 15 is 0 Å². The van der Waals surface area contributed by atoms with E-state index in [2.05, 4.69) is 27.9 Å². The Morgan fingerprint density at radius 1 is 1.20 bits per heavy atom. The summed E-state index contributed by atoms with van der Waals surface area (Å²) >= 11 is 0. The second-order valence-corrected chi connectivity index (χ2v) is 5.61. The van der Waals surface area contributed by atoms with Crippen molar-refractivity contribution in [2.75, 3.05) is 23.7 Å². The Morgan fingerprint density at radius 2 is 2.05 bits per heavy atom. The highest BCUT2D eigenvalue weighted by Crippen LogP contribution is 2.28. The first-order valence-electron chi connectivity index (χ1n) is 7.55. The van der Waals surface area contributed by atoms with E-state index in [0.29, 0.717) is 5.95 Å². The standard InChI is InChI=1S/C16H22N4/c1-2-12-6-5-10-20(11-9-12)15-13-7-3-4-8-14(13)18-16(17)19-15/h3-4,7-8,12H,2,5-6,9-11H2,1H3,(H2,17,18,19). The van der Waals surface area contributed by atoms with Gasteiger partial charge in [0.2, 0.25) is 5.95 Å². The molecule has 1 aliphatic heterocycles. The number of nitrogens with zero attached hydrogens (tertiary/aromatic N) is 3. The van der Waals surface area contributed by atoms with Crippen LogP contribution in [-0.2, 0) is 0 Å². The molecule has 1 fully saturated rings. The van der Waals surface area contributed by atoms with E-state index in [-0.39, 0.29) is 0 Å². The van der Waals surface area contributed by atoms with Gasteiger partial charge in [-0.1, -0.05) is 25.5 Å². The molecule has 4 heteroatoms. The number of nitrogens with two attached hydrogens (primary N) is 1. The zero-order chi connectivity index (χ0) is 13.9. The molecule has 0 saturated carbocycles. The normalized spacial score (nSPS) is 20.1. The van der Waals surface area contributed by atoms with Gasteiger partial charge in [0.1, 0.15) is 5.82 Å². The first-order valence-corrected chi connectivity index (χ1v) is 7.55. The van der Waals surface area contributed by atoms with Crippen LogP contribution in [0.1, 0.15) is 32.6 Å². The maximum atomic E-state index is 5.88. The highest BCUT2D eigenvalue weighted by molar-refractivity contribution is 5.90. The number of aromatic nitrogens is 2. The lowest BCUT2D eigenvalue weighted by Gasteiger charge is -2.23. The molecule has 3 rings (SSSR count). The molecule has 2 aromatic rings. The Balaban J connectivity index is 1.97. The summed E-state index contributed by atoms with van der Waals surface area (Å²) in [7, 11) is 0. The van der Waals surface area contributed by atoms with Gasteiger partial charge in [-0.2, -0.15) is 4.98 Å². The van der Waals surface area contributed by atoms with Crippen LogP contribution in [0.2, 0.25) is 0 Å². The number of hydrogen-bond acceptors (Lipinski definition) is 4. The second kappa shape index (κ2) is 5.65. The van der Waals surface area contributed by atoms with Gasteiger partial charge in [0.25, 0.3) is 0 Å². The van der Waals surface area contributed by atoms with E-state index in [1.165, 1.54) is 25.7 Å². The van der Waals surface area contributed by atoms with Gasteiger partial charge in [0.05, 0.1) is 5.52 Å². The highest BCUT2D eigenvalue weighted by atomic mass is 15.2. The molecule has 1 atom stereocenters. The molecular formula is C16H22N4. The SMILES string of the molecule is CCC1CCCN(c2nc(N)nc3ccccc23)CC1. The quantitative estimate of drug-likeness (QED) is 0.910. The van der Waals surface area contributed by atoms with E-state index in [0.717, 1.165) is 35.7 Å². The smallest absolute Gasteiger partial charge is 0.222 e. The third kappa shape index (κ3) is 2.55. The van der Waals surface area contributed by atoms with E-state index in [1.807, 2.05) is 18.2 Å². The van der Waals surface area contributed by atoms with Gasteiger partial charge in [-0.15, -0.1) is 0 Å². The average Bonchev–Trinajstić information content (AvgIpc) is 2.71. The van der Waals surface area contributed by atoms with Crippen LogP contribution in [0.4, 0.5) is 11.8 Å². The zero-order valence-electron chi connectivity index (χ0n) is 12.0. The molecule has 0 radical (unpaired) electrons. The van der Waals surface area contributed by atoms with Crippen LogP contribution in [0.25, 0.3) is 10.9 Å². The molecule has 20 heavy (non-hydrogen) atoms. The summed E-state index contributed by atoms with van der Waals surface area (Å²) in [6, 6.07) is 8.13. The van der Waals surface area contributed by atoms with Crippen LogP contribution in [-0.4, -0.2) is 23.1 Å². The molecule has 0 spiro atoms. The molecule has 1 aliphatic rings. The molecule has 4 nitrogen and oxygen atoms in total. The molecular weight excluding hydrogens is 248 g/mol. The zero-order valence-corrected chi connectivity index (χ0v) is 12.0. The van der Waals surface area contributed by atoms with Gasteiger partial charge in [0.15, 0.2) is 0 Å². The topological polar surface area (TPSA) is 55.0 Å². The summed E-state index contributed by atoms with van der Waals surface area (Å²) in [5, 5.41) is 1.11. The molecule has 1 aromatic heterocycles. The largest absolute Gasteiger partial charge is 0.368 e. The molecule has 1 saturated heterocycles. The Labute approximate surface area is 120 Å². The van der Waals surface area contributed by atoms with Crippen LogP contribution in [0, 0.1) is 5.92 Å². The lowest BCUT2D eigenvalue weighted by Crippen LogP contribution is -2.26.